The highest BCUT2D eigenvalue weighted by Gasteiger charge is 2.43. The van der Waals surface area contributed by atoms with Crippen LogP contribution in [0.25, 0.3) is 0 Å². The van der Waals surface area contributed by atoms with Gasteiger partial charge in [0.15, 0.2) is 0 Å². The zero-order chi connectivity index (χ0) is 15.2. The van der Waals surface area contributed by atoms with Crippen molar-refractivity contribution >= 4 is 22.9 Å². The number of piperidine rings is 1. The van der Waals surface area contributed by atoms with Gasteiger partial charge in [0.25, 0.3) is 0 Å². The normalized spacial score (nSPS) is 24.8. The highest BCUT2D eigenvalue weighted by molar-refractivity contribution is 7.10. The van der Waals surface area contributed by atoms with E-state index in [9.17, 15) is 0 Å². The number of halogens is 1. The van der Waals surface area contributed by atoms with E-state index in [-0.39, 0.29) is 5.41 Å². The Balaban J connectivity index is 1.59. The van der Waals surface area contributed by atoms with Gasteiger partial charge in [0, 0.05) is 29.6 Å². The minimum absolute atomic E-state index is 0.241. The minimum atomic E-state index is 0.241. The topological polar surface area (TPSA) is 29.0 Å². The first-order valence-corrected chi connectivity index (χ1v) is 9.19. The van der Waals surface area contributed by atoms with E-state index in [2.05, 4.69) is 15.3 Å². The van der Waals surface area contributed by atoms with E-state index in [0.717, 1.165) is 36.9 Å². The zero-order valence-electron chi connectivity index (χ0n) is 12.8. The smallest absolute Gasteiger partial charge is 0.125 e. The number of fused-ring (bicyclic) bond motifs is 2. The number of nitrogens with zero attached hydrogens (tertiary/aromatic N) is 3. The van der Waals surface area contributed by atoms with Crippen molar-refractivity contribution < 1.29 is 0 Å². The molecule has 0 saturated carbocycles. The van der Waals surface area contributed by atoms with Crippen LogP contribution >= 0.6 is 22.9 Å². The Hall–Kier alpha value is -0.970. The average molecular weight is 334 g/mol. The van der Waals surface area contributed by atoms with Crippen molar-refractivity contribution in [3.63, 3.8) is 0 Å². The van der Waals surface area contributed by atoms with E-state index in [0.29, 0.717) is 0 Å². The number of likely N-dealkylation sites (tertiary alicyclic amines) is 1. The standard InChI is InChI=1S/C17H20ClN3S/c1-12-19-9-13-3-6-17(16(13)20-12)5-2-7-21(11-17)10-15-14(18)4-8-22-15/h4,8-9H,2-3,5-7,10-11H2,1H3. The molecule has 1 aliphatic heterocycles. The van der Waals surface area contributed by atoms with Gasteiger partial charge in [0.2, 0.25) is 0 Å². The van der Waals surface area contributed by atoms with Crippen LogP contribution in [0.5, 0.6) is 0 Å². The summed E-state index contributed by atoms with van der Waals surface area (Å²) in [6, 6.07) is 2.00. The molecule has 2 aromatic rings. The van der Waals surface area contributed by atoms with Crippen LogP contribution in [-0.4, -0.2) is 28.0 Å². The van der Waals surface area contributed by atoms with Crippen LogP contribution in [0.3, 0.4) is 0 Å². The second-order valence-electron chi connectivity index (χ2n) is 6.58. The number of aromatic nitrogens is 2. The minimum Gasteiger partial charge on any atom is -0.297 e. The van der Waals surface area contributed by atoms with Gasteiger partial charge in [-0.2, -0.15) is 0 Å². The zero-order valence-corrected chi connectivity index (χ0v) is 14.4. The lowest BCUT2D eigenvalue weighted by molar-refractivity contribution is 0.137. The molecule has 1 aliphatic carbocycles. The number of rotatable bonds is 2. The molecule has 3 nitrogen and oxygen atoms in total. The molecule has 1 atom stereocenters. The third kappa shape index (κ3) is 2.47. The summed E-state index contributed by atoms with van der Waals surface area (Å²) in [5.74, 6) is 0.901. The van der Waals surface area contributed by atoms with E-state index in [1.807, 2.05) is 19.2 Å². The van der Waals surface area contributed by atoms with Gasteiger partial charge in [-0.15, -0.1) is 11.3 Å². The van der Waals surface area contributed by atoms with Gasteiger partial charge in [0.05, 0.1) is 10.7 Å². The second-order valence-corrected chi connectivity index (χ2v) is 7.99. The first-order chi connectivity index (χ1) is 10.7. The Morgan fingerprint density at radius 1 is 1.41 bits per heavy atom. The van der Waals surface area contributed by atoms with Crippen LogP contribution in [-0.2, 0) is 18.4 Å². The van der Waals surface area contributed by atoms with Gasteiger partial charge in [-0.05, 0) is 56.2 Å². The number of hydrogen-bond donors (Lipinski definition) is 0. The summed E-state index contributed by atoms with van der Waals surface area (Å²) in [5, 5.41) is 2.99. The second kappa shape index (κ2) is 5.59. The Morgan fingerprint density at radius 3 is 3.14 bits per heavy atom. The SMILES string of the molecule is Cc1ncc2c(n1)C1(CCCN(Cc3sccc3Cl)C1)CC2. The van der Waals surface area contributed by atoms with Crippen LogP contribution in [0.15, 0.2) is 17.6 Å². The molecule has 2 aliphatic rings. The van der Waals surface area contributed by atoms with Crippen molar-refractivity contribution in [3.05, 3.63) is 44.6 Å². The predicted molar refractivity (Wildman–Crippen MR) is 90.6 cm³/mol. The number of aryl methyl sites for hydroxylation is 2. The number of hydrogen-bond acceptors (Lipinski definition) is 4. The summed E-state index contributed by atoms with van der Waals surface area (Å²) < 4.78 is 0. The molecule has 0 radical (unpaired) electrons. The molecule has 2 aromatic heterocycles. The first kappa shape index (κ1) is 14.6. The van der Waals surface area contributed by atoms with Gasteiger partial charge in [-0.3, -0.25) is 4.90 Å². The van der Waals surface area contributed by atoms with E-state index < -0.39 is 0 Å². The third-order valence-electron chi connectivity index (χ3n) is 5.07. The van der Waals surface area contributed by atoms with Gasteiger partial charge >= 0.3 is 0 Å². The molecule has 116 valence electrons. The summed E-state index contributed by atoms with van der Waals surface area (Å²) in [4.78, 5) is 13.0. The predicted octanol–water partition coefficient (Wildman–Crippen LogP) is 3.98. The van der Waals surface area contributed by atoms with Crippen molar-refractivity contribution in [1.29, 1.82) is 0 Å². The molecule has 3 heterocycles. The summed E-state index contributed by atoms with van der Waals surface area (Å²) in [7, 11) is 0. The summed E-state index contributed by atoms with van der Waals surface area (Å²) in [6.45, 7) is 5.23. The first-order valence-electron chi connectivity index (χ1n) is 7.93. The van der Waals surface area contributed by atoms with Crippen LogP contribution < -0.4 is 0 Å². The maximum atomic E-state index is 6.28. The molecule has 0 amide bonds. The maximum Gasteiger partial charge on any atom is 0.125 e. The molecule has 1 spiro atoms. The Morgan fingerprint density at radius 2 is 2.32 bits per heavy atom. The number of thiophene rings is 1. The summed E-state index contributed by atoms with van der Waals surface area (Å²) in [5.41, 5.74) is 2.92. The van der Waals surface area contributed by atoms with Crippen molar-refractivity contribution in [2.24, 2.45) is 0 Å². The molecule has 1 fully saturated rings. The van der Waals surface area contributed by atoms with Gasteiger partial charge in [-0.25, -0.2) is 9.97 Å². The van der Waals surface area contributed by atoms with Crippen molar-refractivity contribution in [2.75, 3.05) is 13.1 Å². The average Bonchev–Trinajstić information content (AvgIpc) is 3.05. The van der Waals surface area contributed by atoms with Crippen molar-refractivity contribution in [1.82, 2.24) is 14.9 Å². The highest BCUT2D eigenvalue weighted by Crippen LogP contribution is 2.44. The lowest BCUT2D eigenvalue weighted by Gasteiger charge is -2.40. The largest absolute Gasteiger partial charge is 0.297 e. The van der Waals surface area contributed by atoms with E-state index in [1.165, 1.54) is 35.4 Å². The summed E-state index contributed by atoms with van der Waals surface area (Å²) in [6.07, 6.45) is 6.89. The molecule has 1 saturated heterocycles. The Bertz CT molecular complexity index is 695. The molecular weight excluding hydrogens is 314 g/mol. The van der Waals surface area contributed by atoms with E-state index in [4.69, 9.17) is 16.6 Å². The lowest BCUT2D eigenvalue weighted by Crippen LogP contribution is -2.44. The lowest BCUT2D eigenvalue weighted by atomic mass is 9.77. The molecular formula is C17H20ClN3S. The van der Waals surface area contributed by atoms with Crippen LogP contribution in [0.1, 0.15) is 41.2 Å². The fraction of sp³-hybridized carbons (Fsp3) is 0.529. The van der Waals surface area contributed by atoms with E-state index >= 15 is 0 Å². The molecule has 22 heavy (non-hydrogen) atoms. The van der Waals surface area contributed by atoms with Crippen molar-refractivity contribution in [3.8, 4) is 0 Å². The molecule has 4 rings (SSSR count). The molecule has 0 N–H and O–H groups in total. The highest BCUT2D eigenvalue weighted by atomic mass is 35.5. The fourth-order valence-corrected chi connectivity index (χ4v) is 5.17. The molecule has 5 heteroatoms. The Kier molecular flexibility index (Phi) is 3.71. The van der Waals surface area contributed by atoms with Gasteiger partial charge in [-0.1, -0.05) is 11.6 Å². The quantitative estimate of drug-likeness (QED) is 0.832. The molecule has 0 aromatic carbocycles. The van der Waals surface area contributed by atoms with Crippen LogP contribution in [0.4, 0.5) is 0 Å². The van der Waals surface area contributed by atoms with Gasteiger partial charge < -0.3 is 0 Å². The summed E-state index contributed by atoms with van der Waals surface area (Å²) >= 11 is 8.04. The fourth-order valence-electron chi connectivity index (χ4n) is 4.03. The van der Waals surface area contributed by atoms with E-state index in [1.54, 1.807) is 11.3 Å². The maximum absolute atomic E-state index is 6.28. The molecule has 0 bridgehead atoms. The van der Waals surface area contributed by atoms with Crippen LogP contribution in [0, 0.1) is 6.92 Å². The molecule has 1 unspecified atom stereocenters. The third-order valence-corrected chi connectivity index (χ3v) is 6.45. The van der Waals surface area contributed by atoms with Gasteiger partial charge in [0.1, 0.15) is 5.82 Å². The Labute approximate surface area is 140 Å². The van der Waals surface area contributed by atoms with Crippen LogP contribution in [0.2, 0.25) is 5.02 Å². The van der Waals surface area contributed by atoms with Crippen molar-refractivity contribution in [2.45, 2.75) is 44.6 Å². The monoisotopic (exact) mass is 333 g/mol.